The first-order chi connectivity index (χ1) is 13.9. The number of hydrogen-bond donors (Lipinski definition) is 2. The minimum absolute atomic E-state index is 0.0988. The number of carbonyl (C=O) groups is 3. The van der Waals surface area contributed by atoms with Crippen molar-refractivity contribution in [2.45, 2.75) is 31.7 Å². The smallest absolute Gasteiger partial charge is 0.322 e. The number of pyridine rings is 1. The van der Waals surface area contributed by atoms with Gasteiger partial charge in [-0.2, -0.15) is 0 Å². The first-order valence-electron chi connectivity index (χ1n) is 9.18. The average Bonchev–Trinajstić information content (AvgIpc) is 2.94. The van der Waals surface area contributed by atoms with E-state index in [1.165, 1.54) is 30.5 Å². The molecule has 0 spiro atoms. The Bertz CT molecular complexity index is 938. The van der Waals surface area contributed by atoms with E-state index in [1.807, 2.05) is 6.92 Å². The van der Waals surface area contributed by atoms with Crippen LogP contribution in [0.2, 0.25) is 5.15 Å². The Morgan fingerprint density at radius 2 is 2.00 bits per heavy atom. The molecule has 1 saturated heterocycles. The van der Waals surface area contributed by atoms with Gasteiger partial charge in [-0.1, -0.05) is 43.5 Å². The molecule has 1 fully saturated rings. The molecular formula is C20H20ClFN4O3. The second-order valence-electron chi connectivity index (χ2n) is 6.73. The fraction of sp³-hybridized carbons (Fsp3) is 0.300. The molecule has 4 amide bonds. The highest BCUT2D eigenvalue weighted by Crippen LogP contribution is 2.34. The molecule has 152 valence electrons. The quantitative estimate of drug-likeness (QED) is 0.532. The molecule has 1 aliphatic heterocycles. The fourth-order valence-electron chi connectivity index (χ4n) is 3.27. The summed E-state index contributed by atoms with van der Waals surface area (Å²) in [5.74, 6) is -1.58. The first-order valence-corrected chi connectivity index (χ1v) is 9.55. The van der Waals surface area contributed by atoms with Gasteiger partial charge in [-0.25, -0.2) is 14.2 Å². The van der Waals surface area contributed by atoms with Gasteiger partial charge < -0.3 is 10.6 Å². The number of anilines is 1. The second kappa shape index (κ2) is 8.57. The van der Waals surface area contributed by atoms with Crippen molar-refractivity contribution in [1.82, 2.24) is 15.2 Å². The van der Waals surface area contributed by atoms with Crippen molar-refractivity contribution < 1.29 is 18.8 Å². The number of amides is 4. The molecule has 0 unspecified atom stereocenters. The van der Waals surface area contributed by atoms with Crippen LogP contribution < -0.4 is 10.6 Å². The maximum Gasteiger partial charge on any atom is 0.325 e. The summed E-state index contributed by atoms with van der Waals surface area (Å²) in [6.45, 7) is 1.48. The van der Waals surface area contributed by atoms with Crippen LogP contribution in [0.1, 0.15) is 31.7 Å². The Labute approximate surface area is 172 Å². The van der Waals surface area contributed by atoms with Crippen LogP contribution in [0, 0.1) is 5.82 Å². The lowest BCUT2D eigenvalue weighted by atomic mass is 9.85. The van der Waals surface area contributed by atoms with Crippen LogP contribution in [-0.2, 0) is 15.1 Å². The minimum Gasteiger partial charge on any atom is -0.322 e. The molecule has 2 aromatic rings. The van der Waals surface area contributed by atoms with Crippen molar-refractivity contribution in [3.05, 3.63) is 59.1 Å². The van der Waals surface area contributed by atoms with Gasteiger partial charge in [0, 0.05) is 6.20 Å². The van der Waals surface area contributed by atoms with Gasteiger partial charge >= 0.3 is 6.03 Å². The van der Waals surface area contributed by atoms with Gasteiger partial charge in [0.15, 0.2) is 5.15 Å². The minimum atomic E-state index is -1.33. The Hall–Kier alpha value is -3.00. The van der Waals surface area contributed by atoms with Crippen molar-refractivity contribution >= 4 is 35.1 Å². The molecule has 0 aliphatic carbocycles. The molecule has 0 saturated carbocycles. The van der Waals surface area contributed by atoms with Crippen molar-refractivity contribution in [3.8, 4) is 0 Å². The van der Waals surface area contributed by atoms with Crippen LogP contribution in [0.4, 0.5) is 14.9 Å². The van der Waals surface area contributed by atoms with Crippen LogP contribution in [0.5, 0.6) is 0 Å². The molecule has 9 heteroatoms. The Kier molecular flexibility index (Phi) is 6.12. The van der Waals surface area contributed by atoms with Gasteiger partial charge in [0.2, 0.25) is 5.91 Å². The van der Waals surface area contributed by atoms with Crippen LogP contribution in [0.15, 0.2) is 42.6 Å². The van der Waals surface area contributed by atoms with Crippen molar-refractivity contribution in [2.75, 3.05) is 11.9 Å². The molecule has 1 aliphatic rings. The summed E-state index contributed by atoms with van der Waals surface area (Å²) < 4.78 is 13.4. The summed E-state index contributed by atoms with van der Waals surface area (Å²) >= 11 is 5.92. The van der Waals surface area contributed by atoms with Gasteiger partial charge in [-0.05, 0) is 36.2 Å². The van der Waals surface area contributed by atoms with Gasteiger partial charge in [0.25, 0.3) is 5.91 Å². The van der Waals surface area contributed by atoms with E-state index in [9.17, 15) is 18.8 Å². The standard InChI is InChI=1S/C20H20ClFN4O3/c1-2-3-10-20(13-6-8-14(22)9-7-13)18(28)26(19(29)25-20)12-16(27)24-15-5-4-11-23-17(15)21/h4-9,11H,2-3,10,12H2,1H3,(H,24,27)(H,25,29)/t20-/m0/s1. The average molecular weight is 419 g/mol. The number of halogens is 2. The van der Waals surface area contributed by atoms with E-state index in [0.717, 1.165) is 11.3 Å². The number of carbonyl (C=O) groups excluding carboxylic acids is 3. The molecule has 1 atom stereocenters. The van der Waals surface area contributed by atoms with E-state index in [-0.39, 0.29) is 10.8 Å². The number of hydrogen-bond acceptors (Lipinski definition) is 4. The van der Waals surface area contributed by atoms with Crippen LogP contribution in [-0.4, -0.2) is 34.3 Å². The molecule has 1 aromatic heterocycles. The summed E-state index contributed by atoms with van der Waals surface area (Å²) in [6.07, 6.45) is 3.27. The van der Waals surface area contributed by atoms with E-state index in [1.54, 1.807) is 12.1 Å². The number of unbranched alkanes of at least 4 members (excludes halogenated alkanes) is 1. The van der Waals surface area contributed by atoms with Crippen molar-refractivity contribution in [3.63, 3.8) is 0 Å². The maximum atomic E-state index is 13.4. The highest BCUT2D eigenvalue weighted by molar-refractivity contribution is 6.32. The predicted molar refractivity (Wildman–Crippen MR) is 106 cm³/mol. The summed E-state index contributed by atoms with van der Waals surface area (Å²) in [6, 6.07) is 7.90. The molecule has 0 bridgehead atoms. The largest absolute Gasteiger partial charge is 0.325 e. The number of imide groups is 1. The zero-order valence-electron chi connectivity index (χ0n) is 15.7. The van der Waals surface area contributed by atoms with E-state index in [4.69, 9.17) is 11.6 Å². The topological polar surface area (TPSA) is 91.4 Å². The number of urea groups is 1. The maximum absolute atomic E-state index is 13.4. The summed E-state index contributed by atoms with van der Waals surface area (Å²) in [5, 5.41) is 5.35. The van der Waals surface area contributed by atoms with E-state index in [0.29, 0.717) is 18.4 Å². The summed E-state index contributed by atoms with van der Waals surface area (Å²) in [7, 11) is 0. The number of benzene rings is 1. The Morgan fingerprint density at radius 1 is 1.28 bits per heavy atom. The molecule has 1 aromatic carbocycles. The number of nitrogens with zero attached hydrogens (tertiary/aromatic N) is 2. The Morgan fingerprint density at radius 3 is 2.66 bits per heavy atom. The van der Waals surface area contributed by atoms with Gasteiger partial charge in [0.05, 0.1) is 5.69 Å². The lowest BCUT2D eigenvalue weighted by Crippen LogP contribution is -2.44. The third kappa shape index (κ3) is 4.22. The normalized spacial score (nSPS) is 18.7. The highest BCUT2D eigenvalue weighted by atomic mass is 35.5. The molecule has 2 N–H and O–H groups in total. The second-order valence-corrected chi connectivity index (χ2v) is 7.09. The van der Waals surface area contributed by atoms with Crippen LogP contribution >= 0.6 is 11.6 Å². The van der Waals surface area contributed by atoms with Crippen LogP contribution in [0.25, 0.3) is 0 Å². The monoisotopic (exact) mass is 418 g/mol. The third-order valence-corrected chi connectivity index (χ3v) is 5.05. The van der Waals surface area contributed by atoms with E-state index >= 15 is 0 Å². The van der Waals surface area contributed by atoms with Crippen molar-refractivity contribution in [2.24, 2.45) is 0 Å². The SMILES string of the molecule is CCCC[C@@]1(c2ccc(F)cc2)NC(=O)N(CC(=O)Nc2cccnc2Cl)C1=O. The van der Waals surface area contributed by atoms with Gasteiger partial charge in [-0.3, -0.25) is 14.5 Å². The zero-order chi connectivity index (χ0) is 21.0. The predicted octanol–water partition coefficient (Wildman–Crippen LogP) is 3.45. The molecule has 7 nitrogen and oxygen atoms in total. The fourth-order valence-corrected chi connectivity index (χ4v) is 3.43. The first kappa shape index (κ1) is 20.7. The summed E-state index contributed by atoms with van der Waals surface area (Å²) in [4.78, 5) is 42.9. The molecule has 3 rings (SSSR count). The number of rotatable bonds is 7. The third-order valence-electron chi connectivity index (χ3n) is 4.75. The highest BCUT2D eigenvalue weighted by Gasteiger charge is 2.52. The summed E-state index contributed by atoms with van der Waals surface area (Å²) in [5.41, 5.74) is -0.571. The lowest BCUT2D eigenvalue weighted by molar-refractivity contribution is -0.134. The molecule has 2 heterocycles. The van der Waals surface area contributed by atoms with Crippen LogP contribution in [0.3, 0.4) is 0 Å². The number of nitrogens with one attached hydrogen (secondary N) is 2. The van der Waals surface area contributed by atoms with Gasteiger partial charge in [-0.15, -0.1) is 0 Å². The Balaban J connectivity index is 1.83. The molecule has 0 radical (unpaired) electrons. The van der Waals surface area contributed by atoms with Gasteiger partial charge in [0.1, 0.15) is 17.9 Å². The number of aromatic nitrogens is 1. The molecule has 29 heavy (non-hydrogen) atoms. The lowest BCUT2D eigenvalue weighted by Gasteiger charge is -2.27. The van der Waals surface area contributed by atoms with E-state index < -0.39 is 35.7 Å². The molecular weight excluding hydrogens is 399 g/mol. The van der Waals surface area contributed by atoms with E-state index in [2.05, 4.69) is 15.6 Å². The van der Waals surface area contributed by atoms with Crippen molar-refractivity contribution in [1.29, 1.82) is 0 Å². The zero-order valence-corrected chi connectivity index (χ0v) is 16.5.